The number of pyridine rings is 1. The number of nitrogens with one attached hydrogen (secondary N) is 1. The smallest absolute Gasteiger partial charge is 0.269 e. The molecule has 0 bridgehead atoms. The fraction of sp³-hybridized carbons (Fsp3) is 0.778. The summed E-state index contributed by atoms with van der Waals surface area (Å²) in [5, 5.41) is 3.25. The molecule has 164 valence electrons. The molecule has 4 aliphatic carbocycles. The minimum Gasteiger partial charge on any atom is -0.350 e. The number of carbonyl (C=O) groups is 1. The number of carbonyl (C=O) groups excluding carboxylic acids is 1. The van der Waals surface area contributed by atoms with Gasteiger partial charge in [0.2, 0.25) is 0 Å². The van der Waals surface area contributed by atoms with Gasteiger partial charge in [0, 0.05) is 12.7 Å². The molecule has 1 amide bonds. The fourth-order valence-electron chi connectivity index (χ4n) is 8.54. The Labute approximate surface area is 182 Å². The first kappa shape index (κ1) is 20.5. The minimum absolute atomic E-state index is 0.00755. The molecule has 1 heterocycles. The average Bonchev–Trinajstić information content (AvgIpc) is 2.77. The molecule has 0 aliphatic heterocycles. The van der Waals surface area contributed by atoms with Crippen LogP contribution >= 0.6 is 0 Å². The van der Waals surface area contributed by atoms with E-state index in [1.165, 1.54) is 64.2 Å². The Kier molecular flexibility index (Phi) is 5.66. The normalized spacial score (nSPS) is 43.1. The Balaban J connectivity index is 1.27. The molecule has 4 saturated carbocycles. The number of fused-ring (bicyclic) bond motifs is 5. The third kappa shape index (κ3) is 3.60. The molecule has 0 radical (unpaired) electrons. The summed E-state index contributed by atoms with van der Waals surface area (Å²) < 4.78 is 0. The molecule has 4 aliphatic rings. The molecule has 3 nitrogen and oxygen atoms in total. The van der Waals surface area contributed by atoms with Crippen LogP contribution in [0.4, 0.5) is 0 Å². The maximum absolute atomic E-state index is 12.6. The van der Waals surface area contributed by atoms with Crippen molar-refractivity contribution in [1.82, 2.24) is 10.3 Å². The third-order valence-corrected chi connectivity index (χ3v) is 10.1. The van der Waals surface area contributed by atoms with Gasteiger partial charge in [0.15, 0.2) is 0 Å². The van der Waals surface area contributed by atoms with Crippen LogP contribution in [0, 0.1) is 46.8 Å². The second kappa shape index (κ2) is 8.28. The zero-order valence-electron chi connectivity index (χ0n) is 19.0. The maximum atomic E-state index is 12.6. The lowest BCUT2D eigenvalue weighted by atomic mass is 9.45. The van der Waals surface area contributed by atoms with Crippen LogP contribution in [-0.4, -0.2) is 17.4 Å². The van der Waals surface area contributed by atoms with Crippen molar-refractivity contribution in [2.45, 2.75) is 78.1 Å². The lowest BCUT2D eigenvalue weighted by Gasteiger charge is -2.60. The Bertz CT molecular complexity index is 748. The summed E-state index contributed by atoms with van der Waals surface area (Å²) in [7, 11) is 0. The predicted octanol–water partition coefficient (Wildman–Crippen LogP) is 6.11. The molecule has 3 heteroatoms. The molecule has 0 aromatic carbocycles. The van der Waals surface area contributed by atoms with E-state index in [4.69, 9.17) is 0 Å². The van der Waals surface area contributed by atoms with Gasteiger partial charge in [-0.1, -0.05) is 32.8 Å². The minimum atomic E-state index is -0.00755. The molecule has 30 heavy (non-hydrogen) atoms. The summed E-state index contributed by atoms with van der Waals surface area (Å²) in [6.45, 7) is 5.88. The predicted molar refractivity (Wildman–Crippen MR) is 121 cm³/mol. The lowest BCUT2D eigenvalue weighted by molar-refractivity contribution is -0.108. The van der Waals surface area contributed by atoms with Crippen LogP contribution in [0.2, 0.25) is 0 Å². The Morgan fingerprint density at radius 3 is 2.77 bits per heavy atom. The largest absolute Gasteiger partial charge is 0.350 e. The van der Waals surface area contributed by atoms with Crippen molar-refractivity contribution < 1.29 is 4.79 Å². The molecule has 1 N–H and O–H groups in total. The molecule has 4 fully saturated rings. The SMILES string of the molecule is C[C@H]1CC[C@H]2C(CC[C@@H]3C2CC[C@@]2(C)C3CCC[C@@H]2CNC(=O)c2ccccn2)C1. The van der Waals surface area contributed by atoms with Gasteiger partial charge in [0.05, 0.1) is 0 Å². The lowest BCUT2D eigenvalue weighted by Crippen LogP contribution is -2.54. The van der Waals surface area contributed by atoms with Gasteiger partial charge in [0.25, 0.3) is 5.91 Å². The first-order valence-corrected chi connectivity index (χ1v) is 12.8. The van der Waals surface area contributed by atoms with Gasteiger partial charge in [-0.25, -0.2) is 0 Å². The van der Waals surface area contributed by atoms with E-state index in [1.54, 1.807) is 6.20 Å². The third-order valence-electron chi connectivity index (χ3n) is 10.1. The van der Waals surface area contributed by atoms with E-state index >= 15 is 0 Å². The van der Waals surface area contributed by atoms with Gasteiger partial charge in [0.1, 0.15) is 5.69 Å². The van der Waals surface area contributed by atoms with Gasteiger partial charge in [-0.15, -0.1) is 0 Å². The van der Waals surface area contributed by atoms with Crippen molar-refractivity contribution in [3.63, 3.8) is 0 Å². The first-order chi connectivity index (χ1) is 14.6. The molecule has 1 aromatic rings. The van der Waals surface area contributed by atoms with Crippen LogP contribution in [0.3, 0.4) is 0 Å². The zero-order chi connectivity index (χ0) is 20.7. The van der Waals surface area contributed by atoms with Crippen LogP contribution in [0.5, 0.6) is 0 Å². The molecule has 0 saturated heterocycles. The van der Waals surface area contributed by atoms with E-state index in [1.807, 2.05) is 18.2 Å². The van der Waals surface area contributed by atoms with E-state index in [-0.39, 0.29) is 5.91 Å². The van der Waals surface area contributed by atoms with E-state index in [9.17, 15) is 4.79 Å². The van der Waals surface area contributed by atoms with Crippen molar-refractivity contribution in [2.75, 3.05) is 6.54 Å². The van der Waals surface area contributed by atoms with Crippen molar-refractivity contribution in [3.05, 3.63) is 30.1 Å². The number of hydrogen-bond donors (Lipinski definition) is 1. The van der Waals surface area contributed by atoms with Gasteiger partial charge < -0.3 is 5.32 Å². The molecular weight excluding hydrogens is 368 g/mol. The number of aromatic nitrogens is 1. The second-order valence-electron chi connectivity index (χ2n) is 11.5. The highest BCUT2D eigenvalue weighted by molar-refractivity contribution is 5.92. The van der Waals surface area contributed by atoms with Crippen LogP contribution in [-0.2, 0) is 0 Å². The van der Waals surface area contributed by atoms with Crippen molar-refractivity contribution in [3.8, 4) is 0 Å². The van der Waals surface area contributed by atoms with E-state index < -0.39 is 0 Å². The number of rotatable bonds is 3. The zero-order valence-corrected chi connectivity index (χ0v) is 19.0. The monoisotopic (exact) mass is 408 g/mol. The quantitative estimate of drug-likeness (QED) is 0.656. The molecule has 8 atom stereocenters. The highest BCUT2D eigenvalue weighted by Crippen LogP contribution is 2.62. The summed E-state index contributed by atoms with van der Waals surface area (Å²) in [5.41, 5.74) is 0.953. The van der Waals surface area contributed by atoms with Gasteiger partial charge in [-0.2, -0.15) is 0 Å². The van der Waals surface area contributed by atoms with Crippen LogP contribution in [0.25, 0.3) is 0 Å². The first-order valence-electron chi connectivity index (χ1n) is 12.8. The summed E-state index contributed by atoms with van der Waals surface area (Å²) in [5.74, 6) is 6.44. The van der Waals surface area contributed by atoms with Gasteiger partial charge in [-0.3, -0.25) is 9.78 Å². The van der Waals surface area contributed by atoms with Crippen molar-refractivity contribution in [1.29, 1.82) is 0 Å². The number of nitrogens with zero attached hydrogens (tertiary/aromatic N) is 1. The van der Waals surface area contributed by atoms with Crippen LogP contribution in [0.1, 0.15) is 88.5 Å². The standard InChI is InChI=1S/C27H40N2O/c1-18-9-11-21-19(16-18)10-12-23-22(21)13-14-27(2)20(6-5-7-24(23)27)17-29-26(30)25-8-3-4-15-28-25/h3-4,8,15,18-24H,5-7,9-14,16-17H2,1-2H3,(H,29,30)/t18-,19?,20+,21-,22?,23+,24?,27+/m0/s1. The van der Waals surface area contributed by atoms with Crippen molar-refractivity contribution in [2.24, 2.45) is 46.8 Å². The van der Waals surface area contributed by atoms with Crippen LogP contribution in [0.15, 0.2) is 24.4 Å². The Morgan fingerprint density at radius 1 is 1.07 bits per heavy atom. The fourth-order valence-corrected chi connectivity index (χ4v) is 8.54. The molecule has 5 rings (SSSR count). The second-order valence-corrected chi connectivity index (χ2v) is 11.5. The summed E-state index contributed by atoms with van der Waals surface area (Å²) in [6.07, 6.45) is 16.0. The Morgan fingerprint density at radius 2 is 1.93 bits per heavy atom. The van der Waals surface area contributed by atoms with Gasteiger partial charge >= 0.3 is 0 Å². The topological polar surface area (TPSA) is 42.0 Å². The summed E-state index contributed by atoms with van der Waals surface area (Å²) >= 11 is 0. The number of hydrogen-bond acceptors (Lipinski definition) is 2. The molecule has 3 unspecified atom stereocenters. The summed E-state index contributed by atoms with van der Waals surface area (Å²) in [6, 6.07) is 5.57. The van der Waals surface area contributed by atoms with E-state index in [0.29, 0.717) is 17.0 Å². The van der Waals surface area contributed by atoms with Gasteiger partial charge in [-0.05, 0) is 110 Å². The summed E-state index contributed by atoms with van der Waals surface area (Å²) in [4.78, 5) is 16.8. The molecular formula is C27H40N2O. The molecule has 1 aromatic heterocycles. The van der Waals surface area contributed by atoms with Crippen molar-refractivity contribution >= 4 is 5.91 Å². The molecule has 0 spiro atoms. The Hall–Kier alpha value is -1.38. The van der Waals surface area contributed by atoms with E-state index in [0.717, 1.165) is 42.1 Å². The highest BCUT2D eigenvalue weighted by Gasteiger charge is 2.55. The maximum Gasteiger partial charge on any atom is 0.269 e. The highest BCUT2D eigenvalue weighted by atomic mass is 16.1. The number of amides is 1. The van der Waals surface area contributed by atoms with E-state index in [2.05, 4.69) is 24.1 Å². The van der Waals surface area contributed by atoms with Crippen LogP contribution < -0.4 is 5.32 Å². The average molecular weight is 409 g/mol.